The SMILES string of the molecule is CCOC(=O)c1c(NC(=O)Oc2ccc([N+](=O)[O-])cc2)sc2c1CCCC2. The van der Waals surface area contributed by atoms with E-state index in [1.54, 1.807) is 6.92 Å². The van der Waals surface area contributed by atoms with Crippen LogP contribution in [0.25, 0.3) is 0 Å². The van der Waals surface area contributed by atoms with Gasteiger partial charge >= 0.3 is 12.1 Å². The van der Waals surface area contributed by atoms with E-state index in [2.05, 4.69) is 5.32 Å². The molecule has 2 aromatic rings. The zero-order valence-corrected chi connectivity index (χ0v) is 15.5. The van der Waals surface area contributed by atoms with Crippen LogP contribution >= 0.6 is 11.3 Å². The van der Waals surface area contributed by atoms with Gasteiger partial charge in [-0.3, -0.25) is 15.4 Å². The molecule has 0 spiro atoms. The summed E-state index contributed by atoms with van der Waals surface area (Å²) in [6, 6.07) is 5.17. The number of esters is 1. The van der Waals surface area contributed by atoms with Crippen LogP contribution in [0.5, 0.6) is 5.75 Å². The lowest BCUT2D eigenvalue weighted by Gasteiger charge is -2.12. The quantitative estimate of drug-likeness (QED) is 0.463. The van der Waals surface area contributed by atoms with Crippen molar-refractivity contribution >= 4 is 34.1 Å². The monoisotopic (exact) mass is 390 g/mol. The molecule has 27 heavy (non-hydrogen) atoms. The highest BCUT2D eigenvalue weighted by molar-refractivity contribution is 7.17. The predicted octanol–water partition coefficient (Wildman–Crippen LogP) is 4.32. The van der Waals surface area contributed by atoms with Gasteiger partial charge in [0.2, 0.25) is 0 Å². The van der Waals surface area contributed by atoms with Gasteiger partial charge in [-0.25, -0.2) is 9.59 Å². The van der Waals surface area contributed by atoms with Gasteiger partial charge in [0.25, 0.3) is 5.69 Å². The number of anilines is 1. The number of nitro benzene ring substituents is 1. The smallest absolute Gasteiger partial charge is 0.417 e. The van der Waals surface area contributed by atoms with Crippen LogP contribution in [0.1, 0.15) is 40.6 Å². The van der Waals surface area contributed by atoms with Crippen molar-refractivity contribution in [3.05, 3.63) is 50.4 Å². The van der Waals surface area contributed by atoms with Crippen molar-refractivity contribution < 1.29 is 24.0 Å². The minimum absolute atomic E-state index is 0.0988. The van der Waals surface area contributed by atoms with Crippen LogP contribution in [0.2, 0.25) is 0 Å². The zero-order valence-electron chi connectivity index (χ0n) is 14.6. The topological polar surface area (TPSA) is 108 Å². The number of amides is 1. The van der Waals surface area contributed by atoms with E-state index >= 15 is 0 Å². The van der Waals surface area contributed by atoms with Crippen molar-refractivity contribution in [3.8, 4) is 5.75 Å². The first-order valence-electron chi connectivity index (χ1n) is 8.54. The summed E-state index contributed by atoms with van der Waals surface area (Å²) in [5, 5.41) is 13.7. The van der Waals surface area contributed by atoms with Crippen LogP contribution in [0.15, 0.2) is 24.3 Å². The van der Waals surface area contributed by atoms with Crippen molar-refractivity contribution in [3.63, 3.8) is 0 Å². The zero-order chi connectivity index (χ0) is 19.4. The maximum Gasteiger partial charge on any atom is 0.417 e. The summed E-state index contributed by atoms with van der Waals surface area (Å²) in [6.45, 7) is 1.98. The van der Waals surface area contributed by atoms with Crippen LogP contribution in [0, 0.1) is 10.1 Å². The van der Waals surface area contributed by atoms with Gasteiger partial charge in [-0.2, -0.15) is 0 Å². The molecule has 1 aliphatic rings. The van der Waals surface area contributed by atoms with Gasteiger partial charge in [0.15, 0.2) is 0 Å². The second kappa shape index (κ2) is 8.17. The Morgan fingerprint density at radius 1 is 1.22 bits per heavy atom. The second-order valence-corrected chi connectivity index (χ2v) is 7.01. The van der Waals surface area contributed by atoms with E-state index in [0.29, 0.717) is 10.6 Å². The molecule has 142 valence electrons. The van der Waals surface area contributed by atoms with Crippen LogP contribution in [-0.4, -0.2) is 23.6 Å². The van der Waals surface area contributed by atoms with E-state index in [-0.39, 0.29) is 18.0 Å². The van der Waals surface area contributed by atoms with Crippen molar-refractivity contribution in [1.29, 1.82) is 0 Å². The van der Waals surface area contributed by atoms with E-state index in [4.69, 9.17) is 9.47 Å². The van der Waals surface area contributed by atoms with Gasteiger partial charge in [-0.15, -0.1) is 11.3 Å². The lowest BCUT2D eigenvalue weighted by molar-refractivity contribution is -0.384. The molecular formula is C18H18N2O6S. The first-order valence-corrected chi connectivity index (χ1v) is 9.36. The lowest BCUT2D eigenvalue weighted by atomic mass is 9.95. The summed E-state index contributed by atoms with van der Waals surface area (Å²) >= 11 is 1.36. The third-order valence-corrected chi connectivity index (χ3v) is 5.33. The van der Waals surface area contributed by atoms with Gasteiger partial charge in [0.05, 0.1) is 17.1 Å². The molecule has 1 aromatic carbocycles. The fourth-order valence-electron chi connectivity index (χ4n) is 2.93. The average molecular weight is 390 g/mol. The number of thiophene rings is 1. The Morgan fingerprint density at radius 3 is 2.59 bits per heavy atom. The van der Waals surface area contributed by atoms with Gasteiger partial charge in [0, 0.05) is 17.0 Å². The largest absolute Gasteiger partial charge is 0.462 e. The molecule has 0 atom stereocenters. The van der Waals surface area contributed by atoms with Crippen molar-refractivity contribution in [1.82, 2.24) is 0 Å². The van der Waals surface area contributed by atoms with Gasteiger partial charge in [0.1, 0.15) is 10.8 Å². The molecule has 0 radical (unpaired) electrons. The summed E-state index contributed by atoms with van der Waals surface area (Å²) in [7, 11) is 0. The molecule has 0 aliphatic heterocycles. The van der Waals surface area contributed by atoms with Gasteiger partial charge < -0.3 is 9.47 Å². The van der Waals surface area contributed by atoms with Crippen molar-refractivity contribution in [2.75, 3.05) is 11.9 Å². The number of fused-ring (bicyclic) bond motifs is 1. The molecule has 3 rings (SSSR count). The number of nitrogens with zero attached hydrogens (tertiary/aromatic N) is 1. The number of nitro groups is 1. The number of carbonyl (C=O) groups excluding carboxylic acids is 2. The molecule has 0 saturated carbocycles. The van der Waals surface area contributed by atoms with Gasteiger partial charge in [-0.1, -0.05) is 0 Å². The first kappa shape index (κ1) is 18.8. The van der Waals surface area contributed by atoms with Crippen molar-refractivity contribution in [2.45, 2.75) is 32.6 Å². The molecule has 1 aliphatic carbocycles. The summed E-state index contributed by atoms with van der Waals surface area (Å²) in [5.74, 6) is -0.292. The molecular weight excluding hydrogens is 372 g/mol. The number of ether oxygens (including phenoxy) is 2. The fourth-order valence-corrected chi connectivity index (χ4v) is 4.20. The molecule has 1 N–H and O–H groups in total. The number of hydrogen-bond donors (Lipinski definition) is 1. The maximum atomic E-state index is 12.4. The molecule has 1 heterocycles. The number of non-ortho nitro benzene ring substituents is 1. The molecule has 8 nitrogen and oxygen atoms in total. The van der Waals surface area contributed by atoms with Crippen LogP contribution in [0.3, 0.4) is 0 Å². The van der Waals surface area contributed by atoms with E-state index in [9.17, 15) is 19.7 Å². The predicted molar refractivity (Wildman–Crippen MR) is 99.7 cm³/mol. The fraction of sp³-hybridized carbons (Fsp3) is 0.333. The molecule has 0 fully saturated rings. The highest BCUT2D eigenvalue weighted by atomic mass is 32.1. The maximum absolute atomic E-state index is 12.4. The lowest BCUT2D eigenvalue weighted by Crippen LogP contribution is -2.18. The summed E-state index contributed by atoms with van der Waals surface area (Å²) in [4.78, 5) is 35.8. The molecule has 9 heteroatoms. The average Bonchev–Trinajstić information content (AvgIpc) is 3.00. The summed E-state index contributed by atoms with van der Waals surface area (Å²) in [6.07, 6.45) is 2.91. The van der Waals surface area contributed by atoms with Crippen LogP contribution in [0.4, 0.5) is 15.5 Å². The minimum atomic E-state index is -0.770. The van der Waals surface area contributed by atoms with Crippen molar-refractivity contribution in [2.24, 2.45) is 0 Å². The van der Waals surface area contributed by atoms with Gasteiger partial charge in [-0.05, 0) is 50.3 Å². The minimum Gasteiger partial charge on any atom is -0.462 e. The standard InChI is InChI=1S/C18H18N2O6S/c1-2-25-17(21)15-13-5-3-4-6-14(13)27-16(15)19-18(22)26-12-9-7-11(8-10-12)20(23)24/h7-10H,2-6H2,1H3,(H,19,22). The first-order chi connectivity index (χ1) is 13.0. The second-order valence-electron chi connectivity index (χ2n) is 5.90. The Kier molecular flexibility index (Phi) is 5.70. The third kappa shape index (κ3) is 4.25. The molecule has 0 bridgehead atoms. The van der Waals surface area contributed by atoms with E-state index < -0.39 is 17.0 Å². The Morgan fingerprint density at radius 2 is 1.93 bits per heavy atom. The van der Waals surface area contributed by atoms with Crippen LogP contribution < -0.4 is 10.1 Å². The Bertz CT molecular complexity index is 875. The summed E-state index contributed by atoms with van der Waals surface area (Å²) in [5.41, 5.74) is 1.24. The van der Waals surface area contributed by atoms with E-state index in [1.807, 2.05) is 0 Å². The number of carbonyl (C=O) groups is 2. The number of nitrogens with one attached hydrogen (secondary N) is 1. The molecule has 1 aromatic heterocycles. The molecule has 1 amide bonds. The Labute approximate surface area is 159 Å². The Hall–Kier alpha value is -2.94. The highest BCUT2D eigenvalue weighted by Gasteiger charge is 2.27. The third-order valence-electron chi connectivity index (χ3n) is 4.12. The molecule has 0 saturated heterocycles. The Balaban J connectivity index is 1.77. The van der Waals surface area contributed by atoms with E-state index in [1.165, 1.54) is 35.6 Å². The number of hydrogen-bond acceptors (Lipinski definition) is 7. The number of benzene rings is 1. The highest BCUT2D eigenvalue weighted by Crippen LogP contribution is 2.38. The summed E-state index contributed by atoms with van der Waals surface area (Å²) < 4.78 is 10.3. The number of rotatable bonds is 5. The number of aryl methyl sites for hydroxylation is 1. The normalized spacial score (nSPS) is 12.8. The van der Waals surface area contributed by atoms with Crippen LogP contribution in [-0.2, 0) is 17.6 Å². The van der Waals surface area contributed by atoms with E-state index in [0.717, 1.165) is 36.1 Å². The molecule has 0 unspecified atom stereocenters.